The van der Waals surface area contributed by atoms with Crippen LogP contribution in [0.15, 0.2) is 22.7 Å². The summed E-state index contributed by atoms with van der Waals surface area (Å²) in [6.07, 6.45) is 0. The number of nitrogens with two attached hydrogens (primary N) is 1. The van der Waals surface area contributed by atoms with Crippen molar-refractivity contribution in [2.75, 3.05) is 6.61 Å². The van der Waals surface area contributed by atoms with E-state index >= 15 is 0 Å². The van der Waals surface area contributed by atoms with Crippen molar-refractivity contribution in [3.8, 4) is 5.75 Å². The number of halogens is 1. The molecule has 0 saturated carbocycles. The summed E-state index contributed by atoms with van der Waals surface area (Å²) in [6.45, 7) is 6.94. The van der Waals surface area contributed by atoms with Crippen LogP contribution >= 0.6 is 15.9 Å². The van der Waals surface area contributed by atoms with Crippen molar-refractivity contribution >= 4 is 15.9 Å². The molecule has 1 aromatic rings. The molecule has 0 aliphatic carbocycles. The van der Waals surface area contributed by atoms with Crippen molar-refractivity contribution in [2.45, 2.75) is 26.8 Å². The standard InChI is InChI=1S/C12H18BrNO/c1-8(2)7-15-12-5-4-10(13)6-11(12)9(3)14/h4-6,8-9H,7,14H2,1-3H3. The van der Waals surface area contributed by atoms with E-state index in [0.29, 0.717) is 5.92 Å². The third-order valence-electron chi connectivity index (χ3n) is 2.03. The van der Waals surface area contributed by atoms with Gasteiger partial charge in [0.05, 0.1) is 6.61 Å². The van der Waals surface area contributed by atoms with Crippen molar-refractivity contribution in [1.29, 1.82) is 0 Å². The normalized spacial score (nSPS) is 12.9. The SMILES string of the molecule is CC(C)COc1ccc(Br)cc1C(C)N. The monoisotopic (exact) mass is 271 g/mol. The van der Waals surface area contributed by atoms with Gasteiger partial charge in [0.25, 0.3) is 0 Å². The molecule has 1 atom stereocenters. The van der Waals surface area contributed by atoms with E-state index in [1.165, 1.54) is 0 Å². The molecule has 0 amide bonds. The minimum Gasteiger partial charge on any atom is -0.493 e. The lowest BCUT2D eigenvalue weighted by atomic mass is 10.1. The molecular weight excluding hydrogens is 254 g/mol. The second kappa shape index (κ2) is 5.52. The van der Waals surface area contributed by atoms with Crippen LogP contribution in [0.5, 0.6) is 5.75 Å². The molecule has 1 unspecified atom stereocenters. The molecule has 0 fully saturated rings. The van der Waals surface area contributed by atoms with Crippen LogP contribution in [0, 0.1) is 5.92 Å². The minimum absolute atomic E-state index is 0.00957. The van der Waals surface area contributed by atoms with Gasteiger partial charge in [0.1, 0.15) is 5.75 Å². The van der Waals surface area contributed by atoms with E-state index < -0.39 is 0 Å². The molecule has 0 aliphatic rings. The van der Waals surface area contributed by atoms with Crippen LogP contribution < -0.4 is 10.5 Å². The van der Waals surface area contributed by atoms with E-state index in [9.17, 15) is 0 Å². The summed E-state index contributed by atoms with van der Waals surface area (Å²) in [5.41, 5.74) is 6.94. The number of ether oxygens (including phenoxy) is 1. The molecule has 84 valence electrons. The summed E-state index contributed by atoms with van der Waals surface area (Å²) in [7, 11) is 0. The second-order valence-corrected chi connectivity index (χ2v) is 5.09. The fraction of sp³-hybridized carbons (Fsp3) is 0.500. The number of benzene rings is 1. The van der Waals surface area contributed by atoms with Gasteiger partial charge in [0.2, 0.25) is 0 Å². The van der Waals surface area contributed by atoms with Crippen LogP contribution in [0.3, 0.4) is 0 Å². The molecule has 1 aromatic carbocycles. The van der Waals surface area contributed by atoms with Gasteiger partial charge in [-0.05, 0) is 31.0 Å². The Balaban J connectivity index is 2.86. The summed E-state index contributed by atoms with van der Waals surface area (Å²) in [4.78, 5) is 0. The Bertz CT molecular complexity index is 323. The van der Waals surface area contributed by atoms with Gasteiger partial charge in [0, 0.05) is 16.1 Å². The zero-order valence-electron chi connectivity index (χ0n) is 9.46. The van der Waals surface area contributed by atoms with Crippen molar-refractivity contribution < 1.29 is 4.74 Å². The lowest BCUT2D eigenvalue weighted by Gasteiger charge is -2.15. The van der Waals surface area contributed by atoms with E-state index in [4.69, 9.17) is 10.5 Å². The largest absolute Gasteiger partial charge is 0.493 e. The lowest BCUT2D eigenvalue weighted by molar-refractivity contribution is 0.267. The summed E-state index contributed by atoms with van der Waals surface area (Å²) in [6, 6.07) is 5.94. The minimum atomic E-state index is -0.00957. The highest BCUT2D eigenvalue weighted by Gasteiger charge is 2.09. The first-order valence-corrected chi connectivity index (χ1v) is 5.98. The fourth-order valence-corrected chi connectivity index (χ4v) is 1.64. The maximum absolute atomic E-state index is 5.89. The first-order chi connectivity index (χ1) is 7.00. The van der Waals surface area contributed by atoms with Gasteiger partial charge in [-0.25, -0.2) is 0 Å². The van der Waals surface area contributed by atoms with Gasteiger partial charge in [-0.3, -0.25) is 0 Å². The molecule has 0 aliphatic heterocycles. The highest BCUT2D eigenvalue weighted by molar-refractivity contribution is 9.10. The molecule has 3 heteroatoms. The van der Waals surface area contributed by atoms with Crippen molar-refractivity contribution in [2.24, 2.45) is 11.7 Å². The average molecular weight is 272 g/mol. The highest BCUT2D eigenvalue weighted by Crippen LogP contribution is 2.27. The molecule has 15 heavy (non-hydrogen) atoms. The van der Waals surface area contributed by atoms with E-state index in [2.05, 4.69) is 29.8 Å². The third-order valence-corrected chi connectivity index (χ3v) is 2.53. The molecule has 0 heterocycles. The van der Waals surface area contributed by atoms with Gasteiger partial charge >= 0.3 is 0 Å². The molecule has 0 spiro atoms. The molecule has 0 saturated heterocycles. The Morgan fingerprint density at radius 3 is 2.53 bits per heavy atom. The smallest absolute Gasteiger partial charge is 0.124 e. The molecule has 0 aromatic heterocycles. The maximum Gasteiger partial charge on any atom is 0.124 e. The van der Waals surface area contributed by atoms with E-state index in [-0.39, 0.29) is 6.04 Å². The Hall–Kier alpha value is -0.540. The summed E-state index contributed by atoms with van der Waals surface area (Å²) < 4.78 is 6.75. The number of rotatable bonds is 4. The van der Waals surface area contributed by atoms with Crippen molar-refractivity contribution in [3.05, 3.63) is 28.2 Å². The van der Waals surface area contributed by atoms with Crippen LogP contribution in [0.1, 0.15) is 32.4 Å². The first-order valence-electron chi connectivity index (χ1n) is 5.18. The number of hydrogen-bond donors (Lipinski definition) is 1. The van der Waals surface area contributed by atoms with Crippen molar-refractivity contribution in [3.63, 3.8) is 0 Å². The zero-order valence-corrected chi connectivity index (χ0v) is 11.0. The maximum atomic E-state index is 5.89. The van der Waals surface area contributed by atoms with Crippen LogP contribution in [0.4, 0.5) is 0 Å². The first kappa shape index (κ1) is 12.5. The second-order valence-electron chi connectivity index (χ2n) is 4.18. The van der Waals surface area contributed by atoms with Crippen molar-refractivity contribution in [1.82, 2.24) is 0 Å². The highest BCUT2D eigenvalue weighted by atomic mass is 79.9. The lowest BCUT2D eigenvalue weighted by Crippen LogP contribution is -2.10. The Labute approximate surface area is 99.9 Å². The fourth-order valence-electron chi connectivity index (χ4n) is 1.26. The Kier molecular flexibility index (Phi) is 4.61. The molecule has 1 rings (SSSR count). The summed E-state index contributed by atoms with van der Waals surface area (Å²) >= 11 is 3.43. The van der Waals surface area contributed by atoms with Gasteiger partial charge in [-0.1, -0.05) is 29.8 Å². The predicted octanol–water partition coefficient (Wildman–Crippen LogP) is 3.50. The molecule has 0 radical (unpaired) electrons. The quantitative estimate of drug-likeness (QED) is 0.910. The van der Waals surface area contributed by atoms with Crippen LogP contribution in [-0.2, 0) is 0 Å². The molecule has 2 N–H and O–H groups in total. The van der Waals surface area contributed by atoms with Gasteiger partial charge in [0.15, 0.2) is 0 Å². The summed E-state index contributed by atoms with van der Waals surface area (Å²) in [5, 5.41) is 0. The van der Waals surface area contributed by atoms with Gasteiger partial charge in [-0.2, -0.15) is 0 Å². The Morgan fingerprint density at radius 1 is 1.33 bits per heavy atom. The molecular formula is C12H18BrNO. The van der Waals surface area contributed by atoms with Gasteiger partial charge in [-0.15, -0.1) is 0 Å². The van der Waals surface area contributed by atoms with E-state index in [1.54, 1.807) is 0 Å². The average Bonchev–Trinajstić information content (AvgIpc) is 2.15. The Morgan fingerprint density at radius 2 is 2.00 bits per heavy atom. The summed E-state index contributed by atoms with van der Waals surface area (Å²) in [5.74, 6) is 1.41. The van der Waals surface area contributed by atoms with E-state index in [1.807, 2.05) is 25.1 Å². The van der Waals surface area contributed by atoms with E-state index in [0.717, 1.165) is 22.4 Å². The third kappa shape index (κ3) is 3.84. The van der Waals surface area contributed by atoms with Crippen LogP contribution in [0.25, 0.3) is 0 Å². The number of hydrogen-bond acceptors (Lipinski definition) is 2. The predicted molar refractivity (Wildman–Crippen MR) is 67.1 cm³/mol. The molecule has 2 nitrogen and oxygen atoms in total. The van der Waals surface area contributed by atoms with Crippen LogP contribution in [0.2, 0.25) is 0 Å². The van der Waals surface area contributed by atoms with Crippen LogP contribution in [-0.4, -0.2) is 6.61 Å². The molecule has 0 bridgehead atoms. The van der Waals surface area contributed by atoms with Gasteiger partial charge < -0.3 is 10.5 Å². The zero-order chi connectivity index (χ0) is 11.4. The topological polar surface area (TPSA) is 35.2 Å².